The number of aliphatic hydroxyl groups is 3. The van der Waals surface area contributed by atoms with Crippen molar-refractivity contribution < 1.29 is 20.1 Å². The molecule has 0 radical (unpaired) electrons. The Bertz CT molecular complexity index is 601. The number of aliphatic hydroxyl groups excluding tert-OH is 2. The molecule has 0 aromatic carbocycles. The number of ketones is 1. The minimum atomic E-state index is -1.36. The van der Waals surface area contributed by atoms with Gasteiger partial charge in [0.15, 0.2) is 0 Å². The van der Waals surface area contributed by atoms with Crippen molar-refractivity contribution in [3.63, 3.8) is 0 Å². The van der Waals surface area contributed by atoms with E-state index in [2.05, 4.69) is 13.8 Å². The smallest absolute Gasteiger partial charge is 0.141 e. The van der Waals surface area contributed by atoms with Crippen LogP contribution in [0, 0.1) is 34.0 Å². The van der Waals surface area contributed by atoms with E-state index in [0.29, 0.717) is 37.0 Å². The fourth-order valence-electron chi connectivity index (χ4n) is 7.88. The highest BCUT2D eigenvalue weighted by Crippen LogP contribution is 2.69. The minimum Gasteiger partial charge on any atom is -0.393 e. The first-order valence-corrected chi connectivity index (χ1v) is 10.1. The summed E-state index contributed by atoms with van der Waals surface area (Å²) in [6, 6.07) is 0. The lowest BCUT2D eigenvalue weighted by Gasteiger charge is -2.68. The highest BCUT2D eigenvalue weighted by molar-refractivity contribution is 5.87. The lowest BCUT2D eigenvalue weighted by molar-refractivity contribution is -0.286. The summed E-state index contributed by atoms with van der Waals surface area (Å²) < 4.78 is 0. The molecule has 0 amide bonds. The summed E-state index contributed by atoms with van der Waals surface area (Å²) in [7, 11) is 0. The monoisotopic (exact) mass is 350 g/mol. The largest absolute Gasteiger partial charge is 0.393 e. The number of rotatable bonds is 0. The Morgan fingerprint density at radius 2 is 1.60 bits per heavy atom. The van der Waals surface area contributed by atoms with Crippen molar-refractivity contribution >= 4 is 5.78 Å². The van der Waals surface area contributed by atoms with E-state index >= 15 is 0 Å². The number of hydrogen-bond acceptors (Lipinski definition) is 4. The van der Waals surface area contributed by atoms with Gasteiger partial charge < -0.3 is 15.3 Å². The van der Waals surface area contributed by atoms with Crippen LogP contribution in [0.1, 0.15) is 72.6 Å². The third-order valence-corrected chi connectivity index (χ3v) is 9.58. The molecule has 8 atom stereocenters. The zero-order valence-electron chi connectivity index (χ0n) is 16.1. The van der Waals surface area contributed by atoms with Crippen LogP contribution in [-0.2, 0) is 4.79 Å². The Hall–Kier alpha value is -0.450. The van der Waals surface area contributed by atoms with Crippen molar-refractivity contribution in [2.24, 2.45) is 34.0 Å². The molecule has 4 aliphatic carbocycles. The van der Waals surface area contributed by atoms with Gasteiger partial charge >= 0.3 is 0 Å². The van der Waals surface area contributed by atoms with Crippen LogP contribution in [0.25, 0.3) is 0 Å². The molecule has 4 fully saturated rings. The van der Waals surface area contributed by atoms with Crippen LogP contribution in [0.2, 0.25) is 0 Å². The molecule has 4 nitrogen and oxygen atoms in total. The average molecular weight is 350 g/mol. The second kappa shape index (κ2) is 5.08. The Morgan fingerprint density at radius 3 is 2.28 bits per heavy atom. The van der Waals surface area contributed by atoms with Crippen molar-refractivity contribution in [1.82, 2.24) is 0 Å². The molecule has 4 heteroatoms. The third-order valence-electron chi connectivity index (χ3n) is 9.58. The number of fused-ring (bicyclic) bond motifs is 5. The van der Waals surface area contributed by atoms with Crippen molar-refractivity contribution in [2.75, 3.05) is 0 Å². The van der Waals surface area contributed by atoms with Gasteiger partial charge in [0.25, 0.3) is 0 Å². The first kappa shape index (κ1) is 17.9. The van der Waals surface area contributed by atoms with E-state index in [4.69, 9.17) is 0 Å². The normalized spacial score (nSPS) is 57.6. The van der Waals surface area contributed by atoms with Crippen molar-refractivity contribution in [3.05, 3.63) is 0 Å². The van der Waals surface area contributed by atoms with Gasteiger partial charge in [0.05, 0.1) is 17.6 Å². The number of carbonyl (C=O) groups excluding carboxylic acids is 1. The van der Waals surface area contributed by atoms with E-state index in [-0.39, 0.29) is 17.3 Å². The molecule has 0 unspecified atom stereocenters. The minimum absolute atomic E-state index is 0.0489. The molecule has 3 N–H and O–H groups in total. The maximum atomic E-state index is 12.6. The van der Waals surface area contributed by atoms with Crippen LogP contribution in [0.3, 0.4) is 0 Å². The van der Waals surface area contributed by atoms with Gasteiger partial charge in [-0.25, -0.2) is 0 Å². The van der Waals surface area contributed by atoms with Crippen LogP contribution in [0.5, 0.6) is 0 Å². The molecule has 0 heterocycles. The van der Waals surface area contributed by atoms with Gasteiger partial charge in [-0.3, -0.25) is 4.79 Å². The second-order valence-corrected chi connectivity index (χ2v) is 10.5. The fourth-order valence-corrected chi connectivity index (χ4v) is 7.88. The molecule has 0 aliphatic heterocycles. The summed E-state index contributed by atoms with van der Waals surface area (Å²) >= 11 is 0. The molecule has 0 spiro atoms. The van der Waals surface area contributed by atoms with Gasteiger partial charge in [0.1, 0.15) is 11.4 Å². The van der Waals surface area contributed by atoms with Crippen molar-refractivity contribution in [1.29, 1.82) is 0 Å². The lowest BCUT2D eigenvalue weighted by Crippen LogP contribution is -2.74. The zero-order valence-corrected chi connectivity index (χ0v) is 16.1. The third kappa shape index (κ3) is 1.87. The standard InChI is InChI=1S/C21H34O4/c1-18(2)15(22)8-10-20(4)14-7-9-19(3)13(5-6-16(19)23)12(14)11-17(24)21(18,20)25/h12-14,16-17,23-25H,5-11H2,1-4H3/t12-,13-,14-,16-,17-,19-,20+,21+/m0/s1. The molecule has 4 aliphatic rings. The maximum absolute atomic E-state index is 12.6. The topological polar surface area (TPSA) is 77.8 Å². The molecule has 25 heavy (non-hydrogen) atoms. The molecular formula is C21H34O4. The summed E-state index contributed by atoms with van der Waals surface area (Å²) in [5.74, 6) is 1.14. The van der Waals surface area contributed by atoms with Crippen molar-refractivity contribution in [3.8, 4) is 0 Å². The van der Waals surface area contributed by atoms with E-state index in [1.165, 1.54) is 0 Å². The van der Waals surface area contributed by atoms with E-state index in [1.54, 1.807) is 0 Å². The van der Waals surface area contributed by atoms with Gasteiger partial charge in [-0.15, -0.1) is 0 Å². The zero-order chi connectivity index (χ0) is 18.4. The van der Waals surface area contributed by atoms with Gasteiger partial charge in [0, 0.05) is 11.8 Å². The second-order valence-electron chi connectivity index (χ2n) is 10.5. The van der Waals surface area contributed by atoms with Gasteiger partial charge in [-0.1, -0.05) is 27.7 Å². The fraction of sp³-hybridized carbons (Fsp3) is 0.952. The molecular weight excluding hydrogens is 316 g/mol. The Kier molecular flexibility index (Phi) is 3.65. The molecule has 0 saturated heterocycles. The molecule has 0 aromatic heterocycles. The first-order valence-electron chi connectivity index (χ1n) is 10.1. The summed E-state index contributed by atoms with van der Waals surface area (Å²) in [4.78, 5) is 12.6. The molecule has 4 rings (SSSR count). The molecule has 4 saturated carbocycles. The van der Waals surface area contributed by atoms with Gasteiger partial charge in [-0.05, 0) is 61.7 Å². The number of Topliss-reactive ketones (excluding diaryl/α,β-unsaturated/α-hetero) is 1. The van der Waals surface area contributed by atoms with Crippen LogP contribution >= 0.6 is 0 Å². The maximum Gasteiger partial charge on any atom is 0.141 e. The van der Waals surface area contributed by atoms with Crippen molar-refractivity contribution in [2.45, 2.75) is 90.4 Å². The predicted molar refractivity (Wildman–Crippen MR) is 94.8 cm³/mol. The van der Waals surface area contributed by atoms with E-state index in [1.807, 2.05) is 13.8 Å². The van der Waals surface area contributed by atoms with Crippen LogP contribution < -0.4 is 0 Å². The van der Waals surface area contributed by atoms with E-state index < -0.39 is 22.5 Å². The quantitative estimate of drug-likeness (QED) is 0.628. The van der Waals surface area contributed by atoms with Crippen LogP contribution in [0.15, 0.2) is 0 Å². The Balaban J connectivity index is 1.78. The number of carbonyl (C=O) groups is 1. The van der Waals surface area contributed by atoms with Crippen LogP contribution in [-0.4, -0.2) is 38.9 Å². The SMILES string of the molecule is CC1(C)C(=O)CC[C@]2(C)[C@H]3CC[C@]4(C)[C@@H](O)CC[C@H]4[C@@H]3C[C@H](O)[C@@]12O. The van der Waals surface area contributed by atoms with Crippen LogP contribution in [0.4, 0.5) is 0 Å². The van der Waals surface area contributed by atoms with Gasteiger partial charge in [-0.2, -0.15) is 0 Å². The lowest BCUT2D eigenvalue weighted by atomic mass is 9.39. The van der Waals surface area contributed by atoms with E-state index in [0.717, 1.165) is 25.7 Å². The predicted octanol–water partition coefficient (Wildman–Crippen LogP) is 2.68. The Labute approximate surface area is 151 Å². The molecule has 0 bridgehead atoms. The Morgan fingerprint density at radius 1 is 0.920 bits per heavy atom. The van der Waals surface area contributed by atoms with Gasteiger partial charge in [0.2, 0.25) is 0 Å². The number of hydrogen-bond donors (Lipinski definition) is 3. The highest BCUT2D eigenvalue weighted by Gasteiger charge is 2.72. The average Bonchev–Trinajstić information content (AvgIpc) is 2.85. The molecule has 142 valence electrons. The van der Waals surface area contributed by atoms with E-state index in [9.17, 15) is 20.1 Å². The summed E-state index contributed by atoms with van der Waals surface area (Å²) in [6.45, 7) is 7.98. The summed E-state index contributed by atoms with van der Waals surface area (Å²) in [5.41, 5.74) is -2.77. The first-order chi connectivity index (χ1) is 11.5. The highest BCUT2D eigenvalue weighted by atomic mass is 16.3. The molecule has 0 aromatic rings. The summed E-state index contributed by atoms with van der Waals surface area (Å²) in [5, 5.41) is 33.5. The summed E-state index contributed by atoms with van der Waals surface area (Å²) in [6.07, 6.45) is 4.42.